The summed E-state index contributed by atoms with van der Waals surface area (Å²) in [4.78, 5) is 12.0. The Morgan fingerprint density at radius 2 is 1.81 bits per heavy atom. The van der Waals surface area contributed by atoms with Gasteiger partial charge in [0.25, 0.3) is 0 Å². The SMILES string of the molecule is CCCSP(=O)(Oc1cccc2c1C(=O)CC2)SCCC. The van der Waals surface area contributed by atoms with Crippen LogP contribution in [0.25, 0.3) is 0 Å². The largest absolute Gasteiger partial charge is 0.428 e. The molecule has 0 spiro atoms. The summed E-state index contributed by atoms with van der Waals surface area (Å²) >= 11 is 2.78. The van der Waals surface area contributed by atoms with Gasteiger partial charge in [0.1, 0.15) is 5.75 Å². The molecule has 6 heteroatoms. The van der Waals surface area contributed by atoms with Gasteiger partial charge >= 0.3 is 5.77 Å². The van der Waals surface area contributed by atoms with E-state index in [1.807, 2.05) is 12.1 Å². The van der Waals surface area contributed by atoms with Crippen LogP contribution in [0.2, 0.25) is 0 Å². The molecule has 2 rings (SSSR count). The first kappa shape index (κ1) is 17.0. The van der Waals surface area contributed by atoms with E-state index in [-0.39, 0.29) is 5.78 Å². The number of Topliss-reactive ketones (excluding diaryl/α,β-unsaturated/α-hetero) is 1. The Morgan fingerprint density at radius 3 is 2.43 bits per heavy atom. The predicted octanol–water partition coefficient (Wildman–Crippen LogP) is 5.59. The lowest BCUT2D eigenvalue weighted by Crippen LogP contribution is -1.98. The zero-order valence-corrected chi connectivity index (χ0v) is 15.0. The van der Waals surface area contributed by atoms with E-state index in [9.17, 15) is 9.36 Å². The Morgan fingerprint density at radius 1 is 1.14 bits per heavy atom. The van der Waals surface area contributed by atoms with E-state index in [0.717, 1.165) is 36.3 Å². The van der Waals surface area contributed by atoms with Gasteiger partial charge in [-0.05, 0) is 53.7 Å². The standard InChI is InChI=1S/C15H21O3PS2/c1-3-10-20-19(17,21-11-4-2)18-14-7-5-6-12-8-9-13(16)15(12)14/h5-7H,3-4,8-11H2,1-2H3. The Hall–Kier alpha value is -0.380. The summed E-state index contributed by atoms with van der Waals surface area (Å²) in [5, 5.41) is 0. The van der Waals surface area contributed by atoms with E-state index in [1.54, 1.807) is 6.07 Å². The van der Waals surface area contributed by atoms with Crippen LogP contribution in [0, 0.1) is 0 Å². The lowest BCUT2D eigenvalue weighted by atomic mass is 10.1. The number of carbonyl (C=O) groups excluding carboxylic acids is 1. The van der Waals surface area contributed by atoms with E-state index in [1.165, 1.54) is 22.8 Å². The molecule has 0 saturated heterocycles. The molecule has 0 saturated carbocycles. The van der Waals surface area contributed by atoms with Crippen LogP contribution in [0.1, 0.15) is 49.0 Å². The highest BCUT2D eigenvalue weighted by Crippen LogP contribution is 2.69. The second kappa shape index (κ2) is 7.75. The zero-order chi connectivity index (χ0) is 15.3. The minimum Gasteiger partial charge on any atom is -0.428 e. The number of carbonyl (C=O) groups is 1. The lowest BCUT2D eigenvalue weighted by Gasteiger charge is -2.19. The molecule has 0 radical (unpaired) electrons. The number of hydrogen-bond acceptors (Lipinski definition) is 5. The Kier molecular flexibility index (Phi) is 6.27. The molecule has 0 heterocycles. The van der Waals surface area contributed by atoms with Crippen LogP contribution in [-0.2, 0) is 11.0 Å². The number of fused-ring (bicyclic) bond motifs is 1. The van der Waals surface area contributed by atoms with Crippen LogP contribution in [0.3, 0.4) is 0 Å². The fraction of sp³-hybridized carbons (Fsp3) is 0.533. The number of rotatable bonds is 8. The van der Waals surface area contributed by atoms with Gasteiger partial charge in [-0.1, -0.05) is 26.0 Å². The molecule has 0 unspecified atom stereocenters. The summed E-state index contributed by atoms with van der Waals surface area (Å²) in [7, 11) is 0. The van der Waals surface area contributed by atoms with E-state index in [2.05, 4.69) is 13.8 Å². The molecule has 1 aliphatic rings. The molecule has 3 nitrogen and oxygen atoms in total. The minimum absolute atomic E-state index is 0.105. The second-order valence-corrected chi connectivity index (χ2v) is 12.5. The molecule has 0 aromatic heterocycles. The van der Waals surface area contributed by atoms with Crippen molar-refractivity contribution in [1.29, 1.82) is 0 Å². The molecule has 0 bridgehead atoms. The van der Waals surface area contributed by atoms with E-state index >= 15 is 0 Å². The average molecular weight is 344 g/mol. The third-order valence-corrected chi connectivity index (χ3v) is 10.7. The number of benzene rings is 1. The van der Waals surface area contributed by atoms with Gasteiger partial charge in [-0.2, -0.15) is 0 Å². The third kappa shape index (κ3) is 4.30. The van der Waals surface area contributed by atoms with Gasteiger partial charge in [0, 0.05) is 17.9 Å². The fourth-order valence-corrected chi connectivity index (χ4v) is 9.02. The highest BCUT2D eigenvalue weighted by atomic mass is 33.1. The zero-order valence-electron chi connectivity index (χ0n) is 12.5. The monoisotopic (exact) mass is 344 g/mol. The summed E-state index contributed by atoms with van der Waals surface area (Å²) in [5.41, 5.74) is 1.66. The summed E-state index contributed by atoms with van der Waals surface area (Å²) in [5.74, 6) is -0.637. The normalized spacial score (nSPS) is 14.3. The quantitative estimate of drug-likeness (QED) is 0.575. The average Bonchev–Trinajstić information content (AvgIpc) is 2.86. The maximum absolute atomic E-state index is 13.0. The van der Waals surface area contributed by atoms with Crippen LogP contribution in [0.5, 0.6) is 5.75 Å². The number of ketones is 1. The van der Waals surface area contributed by atoms with Crippen molar-refractivity contribution in [1.82, 2.24) is 0 Å². The van der Waals surface area contributed by atoms with Crippen molar-refractivity contribution < 1.29 is 13.9 Å². The van der Waals surface area contributed by atoms with E-state index < -0.39 is 5.77 Å². The van der Waals surface area contributed by atoms with Crippen molar-refractivity contribution in [2.75, 3.05) is 11.5 Å². The molecule has 0 aliphatic heterocycles. The molecule has 21 heavy (non-hydrogen) atoms. The Balaban J connectivity index is 2.23. The molecular formula is C15H21O3PS2. The fourth-order valence-electron chi connectivity index (χ4n) is 2.17. The van der Waals surface area contributed by atoms with E-state index in [4.69, 9.17) is 4.52 Å². The summed E-state index contributed by atoms with van der Waals surface area (Å²) in [6.07, 6.45) is 3.21. The van der Waals surface area contributed by atoms with E-state index in [0.29, 0.717) is 17.7 Å². The third-order valence-electron chi connectivity index (χ3n) is 3.13. The van der Waals surface area contributed by atoms with Crippen molar-refractivity contribution in [3.8, 4) is 5.75 Å². The molecule has 1 aromatic rings. The molecule has 0 N–H and O–H groups in total. The van der Waals surface area contributed by atoms with Crippen molar-refractivity contribution in [3.63, 3.8) is 0 Å². The van der Waals surface area contributed by atoms with Crippen LogP contribution in [0.15, 0.2) is 18.2 Å². The molecule has 116 valence electrons. The lowest BCUT2D eigenvalue weighted by molar-refractivity contribution is 0.0993. The van der Waals surface area contributed by atoms with Gasteiger partial charge in [-0.15, -0.1) is 0 Å². The molecule has 0 atom stereocenters. The summed E-state index contributed by atoms with van der Waals surface area (Å²) < 4.78 is 18.9. The maximum atomic E-state index is 13.0. The van der Waals surface area contributed by atoms with Crippen molar-refractivity contribution in [2.24, 2.45) is 0 Å². The predicted molar refractivity (Wildman–Crippen MR) is 92.8 cm³/mol. The Bertz CT molecular complexity index is 548. The van der Waals surface area contributed by atoms with Gasteiger partial charge in [0.2, 0.25) is 0 Å². The molecule has 1 aromatic carbocycles. The second-order valence-electron chi connectivity index (χ2n) is 4.92. The Labute approximate surface area is 134 Å². The van der Waals surface area contributed by atoms with Gasteiger partial charge in [-0.3, -0.25) is 9.36 Å². The van der Waals surface area contributed by atoms with Gasteiger partial charge < -0.3 is 4.52 Å². The molecule has 0 fully saturated rings. The molecular weight excluding hydrogens is 323 g/mol. The highest BCUT2D eigenvalue weighted by molar-refractivity contribution is 8.89. The van der Waals surface area contributed by atoms with Gasteiger partial charge in [0.15, 0.2) is 5.78 Å². The minimum atomic E-state index is -2.85. The summed E-state index contributed by atoms with van der Waals surface area (Å²) in [6.45, 7) is 4.12. The van der Waals surface area contributed by atoms with Crippen molar-refractivity contribution >= 4 is 34.3 Å². The van der Waals surface area contributed by atoms with Crippen LogP contribution < -0.4 is 4.52 Å². The van der Waals surface area contributed by atoms with Gasteiger partial charge in [0.05, 0.1) is 5.56 Å². The first-order chi connectivity index (χ1) is 10.1. The smallest absolute Gasteiger partial charge is 0.359 e. The topological polar surface area (TPSA) is 43.4 Å². The molecule has 0 amide bonds. The van der Waals surface area contributed by atoms with Crippen LogP contribution in [-0.4, -0.2) is 17.3 Å². The number of hydrogen-bond donors (Lipinski definition) is 0. The highest BCUT2D eigenvalue weighted by Gasteiger charge is 2.30. The first-order valence-corrected chi connectivity index (χ1v) is 12.1. The first-order valence-electron chi connectivity index (χ1n) is 7.33. The van der Waals surface area contributed by atoms with Crippen LogP contribution in [0.4, 0.5) is 0 Å². The number of aryl methyl sites for hydroxylation is 1. The van der Waals surface area contributed by atoms with Crippen molar-refractivity contribution in [2.45, 2.75) is 39.5 Å². The van der Waals surface area contributed by atoms with Crippen LogP contribution >= 0.6 is 28.5 Å². The van der Waals surface area contributed by atoms with Gasteiger partial charge in [-0.25, -0.2) is 0 Å². The maximum Gasteiger partial charge on any atom is 0.359 e. The van der Waals surface area contributed by atoms with Crippen molar-refractivity contribution in [3.05, 3.63) is 29.3 Å². The molecule has 1 aliphatic carbocycles. The summed E-state index contributed by atoms with van der Waals surface area (Å²) in [6, 6.07) is 5.61.